The van der Waals surface area contributed by atoms with Gasteiger partial charge in [-0.05, 0) is 47.6 Å². The molecule has 1 aliphatic rings. The predicted octanol–water partition coefficient (Wildman–Crippen LogP) is 2.55. The standard InChI is InChI=1S/C14H15BrN4O/c1-3-16-13-9-6-10(15)12(7-11(9)17-14(13)20)19-5-4-8(2)18-19/h4-7,13,16H,3H2,1-2H3,(H,17,20). The molecule has 1 amide bonds. The summed E-state index contributed by atoms with van der Waals surface area (Å²) in [4.78, 5) is 12.0. The molecule has 0 spiro atoms. The molecule has 0 bridgehead atoms. The molecule has 0 aliphatic carbocycles. The molecule has 3 rings (SSSR count). The molecule has 6 heteroatoms. The minimum absolute atomic E-state index is 0.0115. The Hall–Kier alpha value is -1.66. The molecule has 1 atom stereocenters. The van der Waals surface area contributed by atoms with Crippen LogP contribution in [-0.4, -0.2) is 22.2 Å². The molecule has 0 fully saturated rings. The summed E-state index contributed by atoms with van der Waals surface area (Å²) in [6, 6.07) is 5.59. The van der Waals surface area contributed by atoms with E-state index in [0.29, 0.717) is 0 Å². The Morgan fingerprint density at radius 3 is 2.95 bits per heavy atom. The molecule has 2 aromatic rings. The van der Waals surface area contributed by atoms with Crippen molar-refractivity contribution in [2.75, 3.05) is 11.9 Å². The van der Waals surface area contributed by atoms with Gasteiger partial charge in [0.25, 0.3) is 0 Å². The van der Waals surface area contributed by atoms with Crippen molar-refractivity contribution in [1.29, 1.82) is 0 Å². The molecule has 1 aromatic carbocycles. The number of amides is 1. The number of aromatic nitrogens is 2. The molecule has 1 aliphatic heterocycles. The van der Waals surface area contributed by atoms with E-state index in [1.165, 1.54) is 0 Å². The topological polar surface area (TPSA) is 59.0 Å². The quantitative estimate of drug-likeness (QED) is 0.906. The summed E-state index contributed by atoms with van der Waals surface area (Å²) in [6.45, 7) is 4.68. The monoisotopic (exact) mass is 334 g/mol. The lowest BCUT2D eigenvalue weighted by atomic mass is 10.1. The first-order valence-corrected chi connectivity index (χ1v) is 7.29. The number of carbonyl (C=O) groups is 1. The van der Waals surface area contributed by atoms with E-state index >= 15 is 0 Å². The Balaban J connectivity index is 2.06. The van der Waals surface area contributed by atoms with Crippen molar-refractivity contribution in [2.45, 2.75) is 19.9 Å². The Labute approximate surface area is 125 Å². The van der Waals surface area contributed by atoms with E-state index in [0.717, 1.165) is 33.6 Å². The zero-order valence-electron chi connectivity index (χ0n) is 11.3. The number of likely N-dealkylation sites (N-methyl/N-ethyl adjacent to an activating group) is 1. The van der Waals surface area contributed by atoms with Crippen molar-refractivity contribution in [3.63, 3.8) is 0 Å². The number of carbonyl (C=O) groups excluding carboxylic acids is 1. The zero-order valence-corrected chi connectivity index (χ0v) is 12.9. The highest BCUT2D eigenvalue weighted by atomic mass is 79.9. The molecule has 0 radical (unpaired) electrons. The van der Waals surface area contributed by atoms with Crippen molar-refractivity contribution in [3.05, 3.63) is 40.1 Å². The second-order valence-corrected chi connectivity index (χ2v) is 5.63. The molecule has 5 nitrogen and oxygen atoms in total. The SMILES string of the molecule is CCNC1C(=O)Nc2cc(-n3ccc(C)n3)c(Br)cc21. The average molecular weight is 335 g/mol. The third-order valence-corrected chi connectivity index (χ3v) is 3.96. The molecule has 1 unspecified atom stereocenters. The molecule has 1 aromatic heterocycles. The van der Waals surface area contributed by atoms with E-state index < -0.39 is 0 Å². The Morgan fingerprint density at radius 2 is 2.30 bits per heavy atom. The largest absolute Gasteiger partial charge is 0.324 e. The second kappa shape index (κ2) is 5.03. The van der Waals surface area contributed by atoms with E-state index in [-0.39, 0.29) is 11.9 Å². The molecule has 2 N–H and O–H groups in total. The number of nitrogens with zero attached hydrogens (tertiary/aromatic N) is 2. The maximum atomic E-state index is 12.0. The van der Waals surface area contributed by atoms with Crippen LogP contribution in [0.3, 0.4) is 0 Å². The summed E-state index contributed by atoms with van der Waals surface area (Å²) in [6.07, 6.45) is 1.90. The molecule has 2 heterocycles. The number of halogens is 1. The van der Waals surface area contributed by atoms with Gasteiger partial charge in [0, 0.05) is 21.9 Å². The van der Waals surface area contributed by atoms with Gasteiger partial charge in [0.2, 0.25) is 5.91 Å². The van der Waals surface area contributed by atoms with Crippen LogP contribution in [0, 0.1) is 6.92 Å². The number of rotatable bonds is 3. The van der Waals surface area contributed by atoms with Crippen LogP contribution in [0.4, 0.5) is 5.69 Å². The van der Waals surface area contributed by atoms with E-state index in [4.69, 9.17) is 0 Å². The van der Waals surface area contributed by atoms with Gasteiger partial charge >= 0.3 is 0 Å². The Bertz CT molecular complexity index is 680. The van der Waals surface area contributed by atoms with E-state index in [1.54, 1.807) is 4.68 Å². The summed E-state index contributed by atoms with van der Waals surface area (Å²) < 4.78 is 2.71. The molecule has 104 valence electrons. The summed E-state index contributed by atoms with van der Waals surface area (Å²) in [5, 5.41) is 10.5. The third kappa shape index (κ3) is 2.14. The van der Waals surface area contributed by atoms with Crippen molar-refractivity contribution >= 4 is 27.5 Å². The first-order valence-electron chi connectivity index (χ1n) is 6.50. The highest BCUT2D eigenvalue weighted by molar-refractivity contribution is 9.10. The third-order valence-electron chi connectivity index (χ3n) is 3.33. The van der Waals surface area contributed by atoms with Gasteiger partial charge in [0.05, 0.1) is 11.4 Å². The first-order chi connectivity index (χ1) is 9.60. The van der Waals surface area contributed by atoms with E-state index in [1.807, 2.05) is 38.2 Å². The van der Waals surface area contributed by atoms with Crippen molar-refractivity contribution in [1.82, 2.24) is 15.1 Å². The molecular weight excluding hydrogens is 320 g/mol. The summed E-state index contributed by atoms with van der Waals surface area (Å²) in [5.74, 6) is -0.0115. The average Bonchev–Trinajstić information content (AvgIpc) is 2.95. The maximum Gasteiger partial charge on any atom is 0.246 e. The fourth-order valence-electron chi connectivity index (χ4n) is 2.40. The minimum atomic E-state index is -0.278. The predicted molar refractivity (Wildman–Crippen MR) is 81.0 cm³/mol. The van der Waals surface area contributed by atoms with Crippen LogP contribution in [0.2, 0.25) is 0 Å². The van der Waals surface area contributed by atoms with Gasteiger partial charge < -0.3 is 10.6 Å². The van der Waals surface area contributed by atoms with Crippen LogP contribution in [0.15, 0.2) is 28.9 Å². The maximum absolute atomic E-state index is 12.0. The van der Waals surface area contributed by atoms with Gasteiger partial charge in [-0.3, -0.25) is 4.79 Å². The lowest BCUT2D eigenvalue weighted by Crippen LogP contribution is -2.27. The van der Waals surface area contributed by atoms with Crippen molar-refractivity contribution in [3.8, 4) is 5.69 Å². The normalized spacial score (nSPS) is 17.1. The van der Waals surface area contributed by atoms with Crippen molar-refractivity contribution in [2.24, 2.45) is 0 Å². The summed E-state index contributed by atoms with van der Waals surface area (Å²) in [5.41, 5.74) is 3.67. The molecular formula is C14H15BrN4O. The smallest absolute Gasteiger partial charge is 0.246 e. The number of aryl methyl sites for hydroxylation is 1. The lowest BCUT2D eigenvalue weighted by molar-refractivity contribution is -0.117. The van der Waals surface area contributed by atoms with Crippen LogP contribution >= 0.6 is 15.9 Å². The fraction of sp³-hybridized carbons (Fsp3) is 0.286. The number of hydrogen-bond acceptors (Lipinski definition) is 3. The number of benzene rings is 1. The van der Waals surface area contributed by atoms with Gasteiger partial charge in [-0.15, -0.1) is 0 Å². The Kier molecular flexibility index (Phi) is 3.35. The van der Waals surface area contributed by atoms with Crippen LogP contribution in [-0.2, 0) is 4.79 Å². The molecule has 0 saturated carbocycles. The minimum Gasteiger partial charge on any atom is -0.324 e. The van der Waals surface area contributed by atoms with Crippen molar-refractivity contribution < 1.29 is 4.79 Å². The molecule has 0 saturated heterocycles. The van der Waals surface area contributed by atoms with Gasteiger partial charge in [0.1, 0.15) is 6.04 Å². The Morgan fingerprint density at radius 1 is 1.50 bits per heavy atom. The number of hydrogen-bond donors (Lipinski definition) is 2. The highest BCUT2D eigenvalue weighted by Gasteiger charge is 2.30. The van der Waals surface area contributed by atoms with Crippen LogP contribution in [0.5, 0.6) is 0 Å². The van der Waals surface area contributed by atoms with Crippen LogP contribution in [0.25, 0.3) is 5.69 Å². The molecule has 20 heavy (non-hydrogen) atoms. The van der Waals surface area contributed by atoms with Crippen LogP contribution in [0.1, 0.15) is 24.2 Å². The summed E-state index contributed by atoms with van der Waals surface area (Å²) in [7, 11) is 0. The first kappa shape index (κ1) is 13.3. The fourth-order valence-corrected chi connectivity index (χ4v) is 2.94. The van der Waals surface area contributed by atoms with Crippen LogP contribution < -0.4 is 10.6 Å². The lowest BCUT2D eigenvalue weighted by Gasteiger charge is -2.11. The highest BCUT2D eigenvalue weighted by Crippen LogP contribution is 2.36. The second-order valence-electron chi connectivity index (χ2n) is 4.77. The summed E-state index contributed by atoms with van der Waals surface area (Å²) >= 11 is 3.57. The van der Waals surface area contributed by atoms with Gasteiger partial charge in [0.15, 0.2) is 0 Å². The zero-order chi connectivity index (χ0) is 14.3. The van der Waals surface area contributed by atoms with Gasteiger partial charge in [-0.2, -0.15) is 5.10 Å². The van der Waals surface area contributed by atoms with E-state index in [2.05, 4.69) is 31.7 Å². The number of fused-ring (bicyclic) bond motifs is 1. The number of anilines is 1. The van der Waals surface area contributed by atoms with Gasteiger partial charge in [-0.25, -0.2) is 4.68 Å². The van der Waals surface area contributed by atoms with E-state index in [9.17, 15) is 4.79 Å². The van der Waals surface area contributed by atoms with Gasteiger partial charge in [-0.1, -0.05) is 6.92 Å². The number of nitrogens with one attached hydrogen (secondary N) is 2.